The van der Waals surface area contributed by atoms with Gasteiger partial charge in [0.05, 0.1) is 0 Å². The summed E-state index contributed by atoms with van der Waals surface area (Å²) in [5, 5.41) is 3.58. The molecule has 1 fully saturated rings. The summed E-state index contributed by atoms with van der Waals surface area (Å²) in [6.45, 7) is 6.76. The molecule has 0 saturated carbocycles. The second-order valence-electron chi connectivity index (χ2n) is 5.39. The molecular formula is C16H24N2. The molecule has 1 heterocycles. The molecule has 0 atom stereocenters. The van der Waals surface area contributed by atoms with Crippen molar-refractivity contribution in [3.8, 4) is 0 Å². The van der Waals surface area contributed by atoms with E-state index in [1.54, 1.807) is 0 Å². The number of aryl methyl sites for hydroxylation is 1. The first-order chi connectivity index (χ1) is 8.66. The summed E-state index contributed by atoms with van der Waals surface area (Å²) in [4.78, 5) is 2.40. The molecule has 1 aliphatic rings. The third kappa shape index (κ3) is 3.36. The molecule has 1 aliphatic heterocycles. The van der Waals surface area contributed by atoms with Crippen molar-refractivity contribution in [1.29, 1.82) is 0 Å². The number of piperidine rings is 1. The molecule has 98 valence electrons. The van der Waals surface area contributed by atoms with Crippen molar-refractivity contribution in [2.45, 2.75) is 32.7 Å². The van der Waals surface area contributed by atoms with E-state index in [2.05, 4.69) is 61.6 Å². The number of hydrogen-bond acceptors (Lipinski definition) is 2. The fourth-order valence-electron chi connectivity index (χ4n) is 2.51. The highest BCUT2D eigenvalue weighted by Crippen LogP contribution is 2.17. The van der Waals surface area contributed by atoms with Crippen LogP contribution < -0.4 is 5.32 Å². The average molecular weight is 244 g/mol. The zero-order valence-corrected chi connectivity index (χ0v) is 11.7. The predicted molar refractivity (Wildman–Crippen MR) is 78.5 cm³/mol. The lowest BCUT2D eigenvalue weighted by atomic mass is 10.0. The van der Waals surface area contributed by atoms with Gasteiger partial charge in [-0.3, -0.25) is 0 Å². The molecule has 0 radical (unpaired) electrons. The Morgan fingerprint density at radius 2 is 1.94 bits per heavy atom. The van der Waals surface area contributed by atoms with Crippen LogP contribution in [0.1, 0.15) is 30.9 Å². The van der Waals surface area contributed by atoms with Gasteiger partial charge in [-0.05, 0) is 63.5 Å². The number of allylic oxidation sites excluding steroid dienone is 1. The van der Waals surface area contributed by atoms with Crippen molar-refractivity contribution in [2.75, 3.05) is 20.1 Å². The second-order valence-corrected chi connectivity index (χ2v) is 5.39. The number of likely N-dealkylation sites (tertiary alicyclic amines) is 1. The zero-order chi connectivity index (χ0) is 13.0. The van der Waals surface area contributed by atoms with E-state index in [0.29, 0.717) is 6.04 Å². The maximum absolute atomic E-state index is 3.58. The van der Waals surface area contributed by atoms with Gasteiger partial charge in [0.15, 0.2) is 0 Å². The van der Waals surface area contributed by atoms with Crippen LogP contribution in [0.5, 0.6) is 0 Å². The van der Waals surface area contributed by atoms with Gasteiger partial charge in [-0.15, -0.1) is 0 Å². The van der Waals surface area contributed by atoms with Crippen molar-refractivity contribution < 1.29 is 0 Å². The fraction of sp³-hybridized carbons (Fsp3) is 0.500. The predicted octanol–water partition coefficient (Wildman–Crippen LogP) is 3.04. The maximum atomic E-state index is 3.58. The van der Waals surface area contributed by atoms with Crippen LogP contribution >= 0.6 is 0 Å². The lowest BCUT2D eigenvalue weighted by Gasteiger charge is -2.29. The molecule has 18 heavy (non-hydrogen) atoms. The summed E-state index contributed by atoms with van der Waals surface area (Å²) >= 11 is 0. The number of benzene rings is 1. The quantitative estimate of drug-likeness (QED) is 0.879. The smallest absolute Gasteiger partial charge is 0.0280 e. The molecule has 1 aromatic rings. The molecule has 0 amide bonds. The highest BCUT2D eigenvalue weighted by Gasteiger charge is 2.14. The molecule has 2 heteroatoms. The standard InChI is InChI=1S/C16H24N2/c1-13-6-4-5-7-16(13)14(2)12-17-15-8-10-18(3)11-9-15/h4-7,12,15,17H,8-11H2,1-3H3/b14-12+. The first-order valence-corrected chi connectivity index (χ1v) is 6.84. The normalized spacial score (nSPS) is 18.9. The minimum absolute atomic E-state index is 0.639. The van der Waals surface area contributed by atoms with Crippen LogP contribution in [0.15, 0.2) is 30.5 Å². The monoisotopic (exact) mass is 244 g/mol. The van der Waals surface area contributed by atoms with E-state index < -0.39 is 0 Å². The Kier molecular flexibility index (Phi) is 4.43. The molecule has 0 aliphatic carbocycles. The van der Waals surface area contributed by atoms with E-state index in [9.17, 15) is 0 Å². The lowest BCUT2D eigenvalue weighted by molar-refractivity contribution is 0.244. The Labute approximate surface area is 111 Å². The third-order valence-corrected chi connectivity index (χ3v) is 3.82. The van der Waals surface area contributed by atoms with Gasteiger partial charge in [0.2, 0.25) is 0 Å². The van der Waals surface area contributed by atoms with Crippen molar-refractivity contribution in [3.63, 3.8) is 0 Å². The number of rotatable bonds is 3. The summed E-state index contributed by atoms with van der Waals surface area (Å²) in [5.41, 5.74) is 4.02. The van der Waals surface area contributed by atoms with Gasteiger partial charge in [-0.25, -0.2) is 0 Å². The highest BCUT2D eigenvalue weighted by atomic mass is 15.1. The highest BCUT2D eigenvalue weighted by molar-refractivity contribution is 5.66. The van der Waals surface area contributed by atoms with Crippen molar-refractivity contribution in [3.05, 3.63) is 41.6 Å². The summed E-state index contributed by atoms with van der Waals surface area (Å²) < 4.78 is 0. The SMILES string of the molecule is C/C(=C\NC1CCN(C)CC1)c1ccccc1C. The fourth-order valence-corrected chi connectivity index (χ4v) is 2.51. The average Bonchev–Trinajstić information content (AvgIpc) is 2.38. The van der Waals surface area contributed by atoms with E-state index in [1.165, 1.54) is 42.6 Å². The Balaban J connectivity index is 1.95. The first kappa shape index (κ1) is 13.2. The number of nitrogens with one attached hydrogen (secondary N) is 1. The van der Waals surface area contributed by atoms with E-state index >= 15 is 0 Å². The summed E-state index contributed by atoms with van der Waals surface area (Å²) in [5.74, 6) is 0. The van der Waals surface area contributed by atoms with Crippen LogP contribution in [0.4, 0.5) is 0 Å². The van der Waals surface area contributed by atoms with Crippen molar-refractivity contribution >= 4 is 5.57 Å². The summed E-state index contributed by atoms with van der Waals surface area (Å²) in [7, 11) is 2.20. The van der Waals surface area contributed by atoms with Crippen LogP contribution in [-0.4, -0.2) is 31.1 Å². The van der Waals surface area contributed by atoms with E-state index in [4.69, 9.17) is 0 Å². The second kappa shape index (κ2) is 6.05. The van der Waals surface area contributed by atoms with Crippen LogP contribution in [0, 0.1) is 6.92 Å². The molecule has 0 bridgehead atoms. The summed E-state index contributed by atoms with van der Waals surface area (Å²) in [6.07, 6.45) is 4.68. The molecule has 0 aromatic heterocycles. The van der Waals surface area contributed by atoms with Gasteiger partial charge in [0.25, 0.3) is 0 Å². The Morgan fingerprint density at radius 3 is 2.61 bits per heavy atom. The third-order valence-electron chi connectivity index (χ3n) is 3.82. The van der Waals surface area contributed by atoms with Gasteiger partial charge in [-0.1, -0.05) is 24.3 Å². The molecule has 2 nitrogen and oxygen atoms in total. The molecule has 1 aromatic carbocycles. The Bertz CT molecular complexity index is 415. The molecule has 1 N–H and O–H groups in total. The van der Waals surface area contributed by atoms with Crippen LogP contribution in [0.3, 0.4) is 0 Å². The van der Waals surface area contributed by atoms with Crippen LogP contribution in [-0.2, 0) is 0 Å². The lowest BCUT2D eigenvalue weighted by Crippen LogP contribution is -2.38. The maximum Gasteiger partial charge on any atom is 0.0280 e. The van der Waals surface area contributed by atoms with E-state index in [1.807, 2.05) is 0 Å². The first-order valence-electron chi connectivity index (χ1n) is 6.84. The van der Waals surface area contributed by atoms with Gasteiger partial charge in [-0.2, -0.15) is 0 Å². The van der Waals surface area contributed by atoms with Crippen LogP contribution in [0.25, 0.3) is 5.57 Å². The Morgan fingerprint density at radius 1 is 1.28 bits per heavy atom. The molecule has 1 saturated heterocycles. The molecular weight excluding hydrogens is 220 g/mol. The van der Waals surface area contributed by atoms with E-state index in [-0.39, 0.29) is 0 Å². The molecule has 0 unspecified atom stereocenters. The number of hydrogen-bond donors (Lipinski definition) is 1. The van der Waals surface area contributed by atoms with Gasteiger partial charge < -0.3 is 10.2 Å². The molecule has 0 spiro atoms. The van der Waals surface area contributed by atoms with Gasteiger partial charge in [0, 0.05) is 12.2 Å². The number of nitrogens with zero attached hydrogens (tertiary/aromatic N) is 1. The molecule has 2 rings (SSSR count). The van der Waals surface area contributed by atoms with Crippen molar-refractivity contribution in [2.24, 2.45) is 0 Å². The zero-order valence-electron chi connectivity index (χ0n) is 11.7. The summed E-state index contributed by atoms with van der Waals surface area (Å²) in [6, 6.07) is 9.20. The van der Waals surface area contributed by atoms with E-state index in [0.717, 1.165) is 0 Å². The van der Waals surface area contributed by atoms with Crippen molar-refractivity contribution in [1.82, 2.24) is 10.2 Å². The Hall–Kier alpha value is -1.28. The van der Waals surface area contributed by atoms with Gasteiger partial charge in [0.1, 0.15) is 0 Å². The minimum atomic E-state index is 0.639. The minimum Gasteiger partial charge on any atom is -0.388 e. The van der Waals surface area contributed by atoms with Crippen LogP contribution in [0.2, 0.25) is 0 Å². The largest absolute Gasteiger partial charge is 0.388 e. The van der Waals surface area contributed by atoms with Gasteiger partial charge >= 0.3 is 0 Å². The topological polar surface area (TPSA) is 15.3 Å².